The summed E-state index contributed by atoms with van der Waals surface area (Å²) in [5.74, 6) is -0.0667. The summed E-state index contributed by atoms with van der Waals surface area (Å²) in [4.78, 5) is 12.3. The maximum absolute atomic E-state index is 12.7. The van der Waals surface area contributed by atoms with Crippen molar-refractivity contribution in [3.63, 3.8) is 0 Å². The molecule has 26 heavy (non-hydrogen) atoms. The number of nitrogens with zero attached hydrogens (tertiary/aromatic N) is 1. The molecule has 2 aliphatic heterocycles. The van der Waals surface area contributed by atoms with E-state index in [1.54, 1.807) is 0 Å². The summed E-state index contributed by atoms with van der Waals surface area (Å²) in [5.41, 5.74) is 1.86. The van der Waals surface area contributed by atoms with Crippen LogP contribution in [0.3, 0.4) is 0 Å². The quantitative estimate of drug-likeness (QED) is 0.817. The van der Waals surface area contributed by atoms with Crippen molar-refractivity contribution < 1.29 is 17.9 Å². The smallest absolute Gasteiger partial charge is 0.223 e. The number of piperidine rings is 1. The highest BCUT2D eigenvalue weighted by molar-refractivity contribution is 7.88. The Hall–Kier alpha value is -1.44. The molecule has 1 amide bonds. The van der Waals surface area contributed by atoms with Gasteiger partial charge in [-0.15, -0.1) is 0 Å². The lowest BCUT2D eigenvalue weighted by molar-refractivity contribution is -0.126. The molecule has 7 heteroatoms. The van der Waals surface area contributed by atoms with Crippen LogP contribution in [0.2, 0.25) is 0 Å². The Balaban J connectivity index is 1.48. The number of amides is 1. The molecule has 0 aromatic heterocycles. The number of nitrogens with one attached hydrogen (secondary N) is 1. The molecule has 2 aliphatic rings. The van der Waals surface area contributed by atoms with Crippen molar-refractivity contribution in [3.05, 3.63) is 35.4 Å². The van der Waals surface area contributed by atoms with Crippen LogP contribution in [0.15, 0.2) is 24.3 Å². The van der Waals surface area contributed by atoms with Crippen molar-refractivity contribution in [2.75, 3.05) is 26.2 Å². The Morgan fingerprint density at radius 3 is 2.69 bits per heavy atom. The molecule has 0 radical (unpaired) electrons. The molecule has 1 atom stereocenters. The van der Waals surface area contributed by atoms with Gasteiger partial charge in [0.2, 0.25) is 15.9 Å². The Morgan fingerprint density at radius 2 is 2.04 bits per heavy atom. The van der Waals surface area contributed by atoms with E-state index in [-0.39, 0.29) is 23.7 Å². The number of ether oxygens (including phenoxy) is 1. The number of rotatable bonds is 6. The standard InChI is InChI=1S/C19H28N2O4S/c1-15-4-2-5-16(12-15)14-26(23,24)21-9-7-17(8-10-21)19(22)20-13-18-6-3-11-25-18/h2,4-5,12,17-18H,3,6-11,13-14H2,1H3,(H,20,22). The summed E-state index contributed by atoms with van der Waals surface area (Å²) in [6.07, 6.45) is 3.33. The van der Waals surface area contributed by atoms with E-state index < -0.39 is 10.0 Å². The van der Waals surface area contributed by atoms with Crippen molar-refractivity contribution in [1.82, 2.24) is 9.62 Å². The summed E-state index contributed by atoms with van der Waals surface area (Å²) in [7, 11) is -3.35. The monoisotopic (exact) mass is 380 g/mol. The predicted octanol–water partition coefficient (Wildman–Crippen LogP) is 1.83. The molecule has 1 aromatic carbocycles. The molecule has 0 saturated carbocycles. The van der Waals surface area contributed by atoms with Crippen molar-refractivity contribution in [3.8, 4) is 0 Å². The van der Waals surface area contributed by atoms with Crippen LogP contribution in [0.5, 0.6) is 0 Å². The van der Waals surface area contributed by atoms with E-state index in [4.69, 9.17) is 4.74 Å². The summed E-state index contributed by atoms with van der Waals surface area (Å²) < 4.78 is 32.3. The summed E-state index contributed by atoms with van der Waals surface area (Å²) in [6.45, 7) is 4.11. The van der Waals surface area contributed by atoms with Gasteiger partial charge in [0.25, 0.3) is 0 Å². The fourth-order valence-corrected chi connectivity index (χ4v) is 5.21. The van der Waals surface area contributed by atoms with E-state index in [1.165, 1.54) is 4.31 Å². The van der Waals surface area contributed by atoms with Crippen molar-refractivity contribution >= 4 is 15.9 Å². The van der Waals surface area contributed by atoms with Crippen LogP contribution in [0.1, 0.15) is 36.8 Å². The minimum Gasteiger partial charge on any atom is -0.376 e. The lowest BCUT2D eigenvalue weighted by Gasteiger charge is -2.30. The second-order valence-corrected chi connectivity index (χ2v) is 9.27. The highest BCUT2D eigenvalue weighted by Crippen LogP contribution is 2.22. The second-order valence-electron chi connectivity index (χ2n) is 7.30. The van der Waals surface area contributed by atoms with Gasteiger partial charge >= 0.3 is 0 Å². The number of carbonyl (C=O) groups excluding carboxylic acids is 1. The Kier molecular flexibility index (Phi) is 6.32. The van der Waals surface area contributed by atoms with Crippen molar-refractivity contribution in [1.29, 1.82) is 0 Å². The first-order valence-electron chi connectivity index (χ1n) is 9.37. The Bertz CT molecular complexity index is 721. The van der Waals surface area contributed by atoms with E-state index in [2.05, 4.69) is 5.32 Å². The second kappa shape index (κ2) is 8.50. The van der Waals surface area contributed by atoms with Crippen LogP contribution in [0.4, 0.5) is 0 Å². The van der Waals surface area contributed by atoms with Gasteiger partial charge in [0, 0.05) is 32.2 Å². The van der Waals surface area contributed by atoms with Gasteiger partial charge in [0.15, 0.2) is 0 Å². The van der Waals surface area contributed by atoms with Gasteiger partial charge in [0.1, 0.15) is 0 Å². The Labute approximate surface area is 156 Å². The fourth-order valence-electron chi connectivity index (χ4n) is 3.66. The van der Waals surface area contributed by atoms with Crippen LogP contribution in [-0.2, 0) is 25.3 Å². The van der Waals surface area contributed by atoms with Gasteiger partial charge in [-0.1, -0.05) is 29.8 Å². The summed E-state index contributed by atoms with van der Waals surface area (Å²) in [5, 5.41) is 2.96. The normalized spacial score (nSPS) is 22.4. The first-order valence-corrected chi connectivity index (χ1v) is 11.0. The van der Waals surface area contributed by atoms with E-state index in [0.29, 0.717) is 32.5 Å². The zero-order valence-electron chi connectivity index (χ0n) is 15.3. The third-order valence-corrected chi connectivity index (χ3v) is 7.03. The van der Waals surface area contributed by atoms with Crippen molar-refractivity contribution in [2.24, 2.45) is 5.92 Å². The molecule has 2 fully saturated rings. The van der Waals surface area contributed by atoms with Crippen molar-refractivity contribution in [2.45, 2.75) is 44.5 Å². The maximum Gasteiger partial charge on any atom is 0.223 e. The highest BCUT2D eigenvalue weighted by atomic mass is 32.2. The van der Waals surface area contributed by atoms with Gasteiger partial charge in [-0.05, 0) is 38.2 Å². The van der Waals surface area contributed by atoms with Crippen LogP contribution in [-0.4, -0.2) is 51.0 Å². The third kappa shape index (κ3) is 5.05. The van der Waals surface area contributed by atoms with E-state index >= 15 is 0 Å². The average Bonchev–Trinajstić information content (AvgIpc) is 3.13. The van der Waals surface area contributed by atoms with Gasteiger partial charge in [-0.2, -0.15) is 0 Å². The van der Waals surface area contributed by atoms with Gasteiger partial charge in [-0.25, -0.2) is 12.7 Å². The van der Waals surface area contributed by atoms with E-state index in [0.717, 1.165) is 30.6 Å². The zero-order chi connectivity index (χ0) is 18.6. The number of hydrogen-bond donors (Lipinski definition) is 1. The van der Waals surface area contributed by atoms with E-state index in [1.807, 2.05) is 31.2 Å². The molecule has 0 bridgehead atoms. The fraction of sp³-hybridized carbons (Fsp3) is 0.632. The first-order chi connectivity index (χ1) is 12.4. The molecule has 6 nitrogen and oxygen atoms in total. The minimum absolute atomic E-state index is 0.0184. The molecular formula is C19H28N2O4S. The third-order valence-electron chi connectivity index (χ3n) is 5.18. The van der Waals surface area contributed by atoms with Crippen LogP contribution in [0, 0.1) is 12.8 Å². The molecule has 144 valence electrons. The Morgan fingerprint density at radius 1 is 1.27 bits per heavy atom. The number of benzene rings is 1. The first kappa shape index (κ1) is 19.3. The maximum atomic E-state index is 12.7. The zero-order valence-corrected chi connectivity index (χ0v) is 16.1. The molecule has 0 spiro atoms. The molecule has 0 aliphatic carbocycles. The molecule has 3 rings (SSSR count). The lowest BCUT2D eigenvalue weighted by Crippen LogP contribution is -2.44. The lowest BCUT2D eigenvalue weighted by atomic mass is 9.97. The molecular weight excluding hydrogens is 352 g/mol. The SMILES string of the molecule is Cc1cccc(CS(=O)(=O)N2CCC(C(=O)NCC3CCCO3)CC2)c1. The number of aryl methyl sites for hydroxylation is 1. The predicted molar refractivity (Wildman–Crippen MR) is 100 cm³/mol. The summed E-state index contributed by atoms with van der Waals surface area (Å²) >= 11 is 0. The number of sulfonamides is 1. The number of carbonyl (C=O) groups is 1. The van der Waals surface area contributed by atoms with Crippen LogP contribution < -0.4 is 5.32 Å². The van der Waals surface area contributed by atoms with Crippen LogP contribution in [0.25, 0.3) is 0 Å². The molecule has 1 N–H and O–H groups in total. The minimum atomic E-state index is -3.35. The molecule has 2 heterocycles. The topological polar surface area (TPSA) is 75.7 Å². The van der Waals surface area contributed by atoms with Gasteiger partial charge in [0.05, 0.1) is 11.9 Å². The van der Waals surface area contributed by atoms with Gasteiger partial charge < -0.3 is 10.1 Å². The van der Waals surface area contributed by atoms with Crippen LogP contribution >= 0.6 is 0 Å². The largest absolute Gasteiger partial charge is 0.376 e. The van der Waals surface area contributed by atoms with E-state index in [9.17, 15) is 13.2 Å². The number of hydrogen-bond acceptors (Lipinski definition) is 4. The molecule has 2 saturated heterocycles. The average molecular weight is 381 g/mol. The summed E-state index contributed by atoms with van der Waals surface area (Å²) in [6, 6.07) is 7.58. The van der Waals surface area contributed by atoms with Gasteiger partial charge in [-0.3, -0.25) is 4.79 Å². The highest BCUT2D eigenvalue weighted by Gasteiger charge is 2.31. The molecule has 1 aromatic rings. The molecule has 1 unspecified atom stereocenters.